The molecular formula is C8H12N2S. The second-order valence-electron chi connectivity index (χ2n) is 2.45. The minimum Gasteiger partial charge on any atom is -0.375 e. The van der Waals surface area contributed by atoms with Crippen LogP contribution < -0.4 is 5.73 Å². The van der Waals surface area contributed by atoms with Gasteiger partial charge in [-0.25, -0.2) is 4.98 Å². The van der Waals surface area contributed by atoms with E-state index in [9.17, 15) is 0 Å². The molecule has 1 aromatic heterocycles. The van der Waals surface area contributed by atoms with Crippen molar-refractivity contribution in [1.29, 1.82) is 0 Å². The molecular weight excluding hydrogens is 156 g/mol. The Morgan fingerprint density at radius 2 is 2.55 bits per heavy atom. The topological polar surface area (TPSA) is 38.9 Å². The zero-order valence-corrected chi connectivity index (χ0v) is 7.45. The zero-order chi connectivity index (χ0) is 8.27. The molecule has 0 saturated heterocycles. The molecule has 0 unspecified atom stereocenters. The maximum Gasteiger partial charge on any atom is 0.180 e. The summed E-state index contributed by atoms with van der Waals surface area (Å²) in [4.78, 5) is 5.16. The predicted octanol–water partition coefficient (Wildman–Crippen LogP) is 2.23. The molecule has 3 heteroatoms. The number of thiazole rings is 1. The van der Waals surface area contributed by atoms with Crippen LogP contribution >= 0.6 is 11.3 Å². The number of hydrogen-bond acceptors (Lipinski definition) is 3. The molecule has 2 N–H and O–H groups in total. The molecule has 0 aliphatic carbocycles. The Labute approximate surface area is 70.8 Å². The van der Waals surface area contributed by atoms with Crippen molar-refractivity contribution in [3.05, 3.63) is 23.2 Å². The fraction of sp³-hybridized carbons (Fsp3) is 0.375. The molecule has 11 heavy (non-hydrogen) atoms. The van der Waals surface area contributed by atoms with Crippen LogP contribution in [0.3, 0.4) is 0 Å². The van der Waals surface area contributed by atoms with Crippen molar-refractivity contribution < 1.29 is 0 Å². The van der Waals surface area contributed by atoms with E-state index in [0.29, 0.717) is 5.13 Å². The van der Waals surface area contributed by atoms with Crippen molar-refractivity contribution in [2.45, 2.75) is 19.8 Å². The summed E-state index contributed by atoms with van der Waals surface area (Å²) in [6, 6.07) is 0. The van der Waals surface area contributed by atoms with Gasteiger partial charge in [0.2, 0.25) is 0 Å². The van der Waals surface area contributed by atoms with Crippen molar-refractivity contribution in [3.8, 4) is 0 Å². The van der Waals surface area contributed by atoms with E-state index in [-0.39, 0.29) is 0 Å². The summed E-state index contributed by atoms with van der Waals surface area (Å²) in [5.74, 6) is 0. The third-order valence-corrected chi connectivity index (χ3v) is 2.32. The normalized spacial score (nSPS) is 9.91. The second kappa shape index (κ2) is 3.53. The highest BCUT2D eigenvalue weighted by Crippen LogP contribution is 2.18. The van der Waals surface area contributed by atoms with E-state index in [1.165, 1.54) is 21.8 Å². The fourth-order valence-electron chi connectivity index (χ4n) is 0.776. The Kier molecular flexibility index (Phi) is 2.65. The van der Waals surface area contributed by atoms with Gasteiger partial charge in [0.15, 0.2) is 5.13 Å². The lowest BCUT2D eigenvalue weighted by Crippen LogP contribution is -1.82. The molecule has 0 radical (unpaired) electrons. The first kappa shape index (κ1) is 8.27. The molecule has 60 valence electrons. The van der Waals surface area contributed by atoms with E-state index < -0.39 is 0 Å². The lowest BCUT2D eigenvalue weighted by molar-refractivity contribution is 1.02. The number of aromatic nitrogens is 1. The molecule has 0 bridgehead atoms. The summed E-state index contributed by atoms with van der Waals surface area (Å²) in [5, 5.41) is 0.643. The van der Waals surface area contributed by atoms with E-state index in [4.69, 9.17) is 5.73 Å². The SMILES string of the molecule is C=C(CC)Cc1cnc(N)s1. The van der Waals surface area contributed by atoms with E-state index in [2.05, 4.69) is 18.5 Å². The van der Waals surface area contributed by atoms with E-state index in [1.807, 2.05) is 6.20 Å². The van der Waals surface area contributed by atoms with Crippen LogP contribution in [0.15, 0.2) is 18.3 Å². The molecule has 1 heterocycles. The lowest BCUT2D eigenvalue weighted by atomic mass is 10.1. The Morgan fingerprint density at radius 1 is 1.82 bits per heavy atom. The molecule has 0 fully saturated rings. The number of nitrogens with two attached hydrogens (primary N) is 1. The molecule has 2 nitrogen and oxygen atoms in total. The molecule has 0 amide bonds. The fourth-order valence-corrected chi connectivity index (χ4v) is 1.53. The van der Waals surface area contributed by atoms with Gasteiger partial charge in [-0.2, -0.15) is 0 Å². The first-order valence-electron chi connectivity index (χ1n) is 3.59. The quantitative estimate of drug-likeness (QED) is 0.703. The van der Waals surface area contributed by atoms with Gasteiger partial charge in [0.1, 0.15) is 0 Å². The van der Waals surface area contributed by atoms with Gasteiger partial charge in [-0.15, -0.1) is 11.3 Å². The lowest BCUT2D eigenvalue weighted by Gasteiger charge is -1.96. The largest absolute Gasteiger partial charge is 0.375 e. The minimum absolute atomic E-state index is 0.643. The van der Waals surface area contributed by atoms with Gasteiger partial charge in [-0.05, 0) is 6.42 Å². The average Bonchev–Trinajstić information content (AvgIpc) is 2.35. The summed E-state index contributed by atoms with van der Waals surface area (Å²) in [6.07, 6.45) is 3.77. The Hall–Kier alpha value is -0.830. The molecule has 0 aliphatic rings. The highest BCUT2D eigenvalue weighted by Gasteiger charge is 1.99. The van der Waals surface area contributed by atoms with Gasteiger partial charge in [-0.1, -0.05) is 19.1 Å². The highest BCUT2D eigenvalue weighted by atomic mass is 32.1. The maximum absolute atomic E-state index is 5.47. The van der Waals surface area contributed by atoms with Gasteiger partial charge in [0.25, 0.3) is 0 Å². The van der Waals surface area contributed by atoms with Crippen LogP contribution in [0.4, 0.5) is 5.13 Å². The van der Waals surface area contributed by atoms with Gasteiger partial charge in [0, 0.05) is 17.5 Å². The summed E-state index contributed by atoms with van der Waals surface area (Å²) in [7, 11) is 0. The van der Waals surface area contributed by atoms with E-state index in [1.54, 1.807) is 0 Å². The molecule has 0 atom stereocenters. The summed E-state index contributed by atoms with van der Waals surface area (Å²) < 4.78 is 0. The van der Waals surface area contributed by atoms with Gasteiger partial charge < -0.3 is 5.73 Å². The summed E-state index contributed by atoms with van der Waals surface area (Å²) in [5.41, 5.74) is 6.70. The molecule has 0 aliphatic heterocycles. The van der Waals surface area contributed by atoms with Crippen LogP contribution in [0.25, 0.3) is 0 Å². The van der Waals surface area contributed by atoms with Gasteiger partial charge in [-0.3, -0.25) is 0 Å². The Morgan fingerprint density at radius 3 is 3.00 bits per heavy atom. The molecule has 1 aromatic rings. The second-order valence-corrected chi connectivity index (χ2v) is 3.59. The first-order chi connectivity index (χ1) is 5.22. The smallest absolute Gasteiger partial charge is 0.180 e. The van der Waals surface area contributed by atoms with Crippen molar-refractivity contribution in [3.63, 3.8) is 0 Å². The first-order valence-corrected chi connectivity index (χ1v) is 4.41. The van der Waals surface area contributed by atoms with Crippen molar-refractivity contribution in [1.82, 2.24) is 4.98 Å². The predicted molar refractivity (Wildman–Crippen MR) is 49.7 cm³/mol. The van der Waals surface area contributed by atoms with Crippen molar-refractivity contribution in [2.24, 2.45) is 0 Å². The van der Waals surface area contributed by atoms with Crippen molar-refractivity contribution in [2.75, 3.05) is 5.73 Å². The number of hydrogen-bond donors (Lipinski definition) is 1. The molecule has 0 saturated carbocycles. The maximum atomic E-state index is 5.47. The Bertz CT molecular complexity index is 252. The zero-order valence-electron chi connectivity index (χ0n) is 6.63. The van der Waals surface area contributed by atoms with E-state index in [0.717, 1.165) is 12.8 Å². The average molecular weight is 168 g/mol. The third kappa shape index (κ3) is 2.35. The number of rotatable bonds is 3. The van der Waals surface area contributed by atoms with Crippen LogP contribution in [0.1, 0.15) is 18.2 Å². The van der Waals surface area contributed by atoms with Crippen LogP contribution in [0.2, 0.25) is 0 Å². The number of anilines is 1. The van der Waals surface area contributed by atoms with Crippen molar-refractivity contribution >= 4 is 16.5 Å². The van der Waals surface area contributed by atoms with Gasteiger partial charge >= 0.3 is 0 Å². The van der Waals surface area contributed by atoms with Crippen LogP contribution in [-0.2, 0) is 6.42 Å². The van der Waals surface area contributed by atoms with Crippen LogP contribution in [0, 0.1) is 0 Å². The molecule has 0 aromatic carbocycles. The van der Waals surface area contributed by atoms with Crippen LogP contribution in [0.5, 0.6) is 0 Å². The minimum atomic E-state index is 0.643. The number of allylic oxidation sites excluding steroid dienone is 1. The highest BCUT2D eigenvalue weighted by molar-refractivity contribution is 7.15. The standard InChI is InChI=1S/C8H12N2S/c1-3-6(2)4-7-5-10-8(9)11-7/h5H,2-4H2,1H3,(H2,9,10). The Balaban J connectivity index is 2.57. The van der Waals surface area contributed by atoms with E-state index >= 15 is 0 Å². The summed E-state index contributed by atoms with van der Waals surface area (Å²) >= 11 is 1.54. The summed E-state index contributed by atoms with van der Waals surface area (Å²) in [6.45, 7) is 6.02. The number of nitrogen functional groups attached to an aromatic ring is 1. The molecule has 0 spiro atoms. The molecule has 1 rings (SSSR count). The monoisotopic (exact) mass is 168 g/mol. The van der Waals surface area contributed by atoms with Gasteiger partial charge in [0.05, 0.1) is 0 Å². The number of nitrogens with zero attached hydrogens (tertiary/aromatic N) is 1. The van der Waals surface area contributed by atoms with Crippen LogP contribution in [-0.4, -0.2) is 4.98 Å². The third-order valence-electron chi connectivity index (χ3n) is 1.50.